The topological polar surface area (TPSA) is 64.0 Å². The Hall–Kier alpha value is -4.06. The van der Waals surface area contributed by atoms with Crippen molar-refractivity contribution in [3.63, 3.8) is 0 Å². The number of nitrogens with one attached hydrogen (secondary N) is 1. The maximum atomic E-state index is 14.0. The lowest BCUT2D eigenvalue weighted by atomic mass is 10.2. The van der Waals surface area contributed by atoms with Gasteiger partial charge in [-0.25, -0.2) is 9.37 Å². The Labute approximate surface area is 172 Å². The Balaban J connectivity index is 1.87. The molecule has 0 saturated carbocycles. The summed E-state index contributed by atoms with van der Waals surface area (Å²) in [4.78, 5) is 29.1. The summed E-state index contributed by atoms with van der Waals surface area (Å²) in [6.07, 6.45) is 3.21. The Kier molecular flexibility index (Phi) is 5.22. The molecule has 0 aliphatic carbocycles. The van der Waals surface area contributed by atoms with Gasteiger partial charge in [-0.2, -0.15) is 0 Å². The van der Waals surface area contributed by atoms with Gasteiger partial charge >= 0.3 is 0 Å². The Morgan fingerprint density at radius 1 is 0.967 bits per heavy atom. The fourth-order valence-electron chi connectivity index (χ4n) is 3.18. The van der Waals surface area contributed by atoms with Gasteiger partial charge in [-0.05, 0) is 54.6 Å². The summed E-state index contributed by atoms with van der Waals surface area (Å²) >= 11 is 0. The maximum Gasteiger partial charge on any atom is 0.266 e. The van der Waals surface area contributed by atoms with Gasteiger partial charge in [0.1, 0.15) is 11.6 Å². The van der Waals surface area contributed by atoms with Gasteiger partial charge in [-0.3, -0.25) is 14.2 Å². The average molecular weight is 399 g/mol. The van der Waals surface area contributed by atoms with Crippen molar-refractivity contribution in [1.82, 2.24) is 9.55 Å². The lowest BCUT2D eigenvalue weighted by Gasteiger charge is -2.12. The molecule has 1 amide bonds. The van der Waals surface area contributed by atoms with Crippen molar-refractivity contribution < 1.29 is 9.18 Å². The molecule has 0 atom stereocenters. The van der Waals surface area contributed by atoms with Gasteiger partial charge in [0.25, 0.3) is 5.56 Å². The van der Waals surface area contributed by atoms with Crippen LogP contribution in [0.1, 0.15) is 18.3 Å². The van der Waals surface area contributed by atoms with Gasteiger partial charge in [0.15, 0.2) is 0 Å². The molecule has 0 aliphatic rings. The zero-order valence-corrected chi connectivity index (χ0v) is 16.2. The number of carbonyl (C=O) groups excluding carboxylic acids is 1. The van der Waals surface area contributed by atoms with Crippen molar-refractivity contribution in [3.8, 4) is 5.69 Å². The van der Waals surface area contributed by atoms with E-state index >= 15 is 0 Å². The molecular weight excluding hydrogens is 381 g/mol. The van der Waals surface area contributed by atoms with E-state index < -0.39 is 0 Å². The summed E-state index contributed by atoms with van der Waals surface area (Å²) in [6.45, 7) is 1.43. The molecule has 0 saturated heterocycles. The number of rotatable bonds is 4. The van der Waals surface area contributed by atoms with Crippen LogP contribution in [0.2, 0.25) is 0 Å². The van der Waals surface area contributed by atoms with Gasteiger partial charge < -0.3 is 5.32 Å². The number of hydrogen-bond acceptors (Lipinski definition) is 3. The van der Waals surface area contributed by atoms with Crippen molar-refractivity contribution >= 4 is 34.6 Å². The summed E-state index contributed by atoms with van der Waals surface area (Å²) in [5.74, 6) is -0.168. The number of para-hydroxylation sites is 1. The molecule has 0 spiro atoms. The largest absolute Gasteiger partial charge is 0.326 e. The van der Waals surface area contributed by atoms with Crippen LogP contribution >= 0.6 is 0 Å². The van der Waals surface area contributed by atoms with Crippen LogP contribution in [-0.4, -0.2) is 15.5 Å². The second-order valence-corrected chi connectivity index (χ2v) is 6.71. The summed E-state index contributed by atoms with van der Waals surface area (Å²) in [6, 6.07) is 20.3. The van der Waals surface area contributed by atoms with E-state index in [-0.39, 0.29) is 17.3 Å². The number of halogens is 1. The molecule has 4 aromatic rings. The average Bonchev–Trinajstić information content (AvgIpc) is 2.74. The molecule has 6 heteroatoms. The van der Waals surface area contributed by atoms with Crippen molar-refractivity contribution in [3.05, 3.63) is 100 Å². The molecule has 1 aromatic heterocycles. The van der Waals surface area contributed by atoms with Gasteiger partial charge in [0.2, 0.25) is 5.91 Å². The minimum atomic E-state index is -0.358. The fourth-order valence-corrected chi connectivity index (χ4v) is 3.18. The molecule has 148 valence electrons. The standard InChI is InChI=1S/C24H18FN3O2/c1-16(29)26-18-11-13-19(14-12-18)28-23(15-10-17-6-2-4-8-21(17)25)27-22-9-5-3-7-20(22)24(28)30/h2-15H,1H3,(H,26,29). The highest BCUT2D eigenvalue weighted by Crippen LogP contribution is 2.18. The number of aromatic nitrogens is 2. The number of benzene rings is 3. The number of fused-ring (bicyclic) bond motifs is 1. The van der Waals surface area contributed by atoms with Gasteiger partial charge in [-0.15, -0.1) is 0 Å². The smallest absolute Gasteiger partial charge is 0.266 e. The third kappa shape index (κ3) is 3.89. The molecule has 1 heterocycles. The van der Waals surface area contributed by atoms with E-state index in [0.717, 1.165) is 0 Å². The van der Waals surface area contributed by atoms with Crippen molar-refractivity contribution in [2.75, 3.05) is 5.32 Å². The lowest BCUT2D eigenvalue weighted by molar-refractivity contribution is -0.114. The molecule has 0 bridgehead atoms. The van der Waals surface area contributed by atoms with Crippen LogP contribution in [-0.2, 0) is 4.79 Å². The molecule has 1 N–H and O–H groups in total. The van der Waals surface area contributed by atoms with Crippen molar-refractivity contribution in [1.29, 1.82) is 0 Å². The van der Waals surface area contributed by atoms with Crippen LogP contribution in [0.3, 0.4) is 0 Å². The molecular formula is C24H18FN3O2. The summed E-state index contributed by atoms with van der Waals surface area (Å²) < 4.78 is 15.5. The number of amides is 1. The molecule has 0 fully saturated rings. The third-order valence-corrected chi connectivity index (χ3v) is 4.56. The van der Waals surface area contributed by atoms with E-state index in [1.165, 1.54) is 17.6 Å². The number of anilines is 1. The van der Waals surface area contributed by atoms with E-state index in [0.29, 0.717) is 33.7 Å². The van der Waals surface area contributed by atoms with Gasteiger partial charge in [-0.1, -0.05) is 30.3 Å². The van der Waals surface area contributed by atoms with Crippen LogP contribution in [0.5, 0.6) is 0 Å². The molecule has 5 nitrogen and oxygen atoms in total. The number of nitrogens with zero attached hydrogens (tertiary/aromatic N) is 2. The predicted octanol–water partition coefficient (Wildman–Crippen LogP) is 4.65. The van der Waals surface area contributed by atoms with Crippen molar-refractivity contribution in [2.45, 2.75) is 6.92 Å². The molecule has 30 heavy (non-hydrogen) atoms. The summed E-state index contributed by atoms with van der Waals surface area (Å²) in [7, 11) is 0. The SMILES string of the molecule is CC(=O)Nc1ccc(-n2c(C=Cc3ccccc3F)nc3ccccc3c2=O)cc1. The first-order valence-electron chi connectivity index (χ1n) is 9.35. The second-order valence-electron chi connectivity index (χ2n) is 6.71. The van der Waals surface area contributed by atoms with E-state index in [9.17, 15) is 14.0 Å². The quantitative estimate of drug-likeness (QED) is 0.543. The molecule has 0 aliphatic heterocycles. The maximum absolute atomic E-state index is 14.0. The first-order valence-corrected chi connectivity index (χ1v) is 9.35. The number of hydrogen-bond donors (Lipinski definition) is 1. The van der Waals surface area contributed by atoms with Crippen LogP contribution in [0.15, 0.2) is 77.6 Å². The highest BCUT2D eigenvalue weighted by molar-refractivity contribution is 5.88. The number of carbonyl (C=O) groups is 1. The first kappa shape index (κ1) is 19.3. The van der Waals surface area contributed by atoms with Gasteiger partial charge in [0.05, 0.1) is 16.6 Å². The summed E-state index contributed by atoms with van der Waals surface area (Å²) in [5.41, 5.74) is 1.92. The highest BCUT2D eigenvalue weighted by Gasteiger charge is 2.11. The second kappa shape index (κ2) is 8.13. The predicted molar refractivity (Wildman–Crippen MR) is 117 cm³/mol. The Morgan fingerprint density at radius 2 is 1.67 bits per heavy atom. The molecule has 3 aromatic carbocycles. The molecule has 0 unspecified atom stereocenters. The fraction of sp³-hybridized carbons (Fsp3) is 0.0417. The Morgan fingerprint density at radius 3 is 2.40 bits per heavy atom. The Bertz CT molecular complexity index is 1320. The minimum Gasteiger partial charge on any atom is -0.326 e. The molecule has 0 radical (unpaired) electrons. The summed E-state index contributed by atoms with van der Waals surface area (Å²) in [5, 5.41) is 3.18. The molecule has 4 rings (SSSR count). The van der Waals surface area contributed by atoms with E-state index in [2.05, 4.69) is 10.3 Å². The normalized spacial score (nSPS) is 11.1. The van der Waals surface area contributed by atoms with Crippen LogP contribution < -0.4 is 10.9 Å². The van der Waals surface area contributed by atoms with Crippen molar-refractivity contribution in [2.24, 2.45) is 0 Å². The highest BCUT2D eigenvalue weighted by atomic mass is 19.1. The van der Waals surface area contributed by atoms with E-state index in [4.69, 9.17) is 0 Å². The first-order chi connectivity index (χ1) is 14.5. The zero-order chi connectivity index (χ0) is 21.1. The monoisotopic (exact) mass is 399 g/mol. The van der Waals surface area contributed by atoms with E-state index in [1.807, 2.05) is 6.07 Å². The zero-order valence-electron chi connectivity index (χ0n) is 16.2. The van der Waals surface area contributed by atoms with Crippen LogP contribution in [0.25, 0.3) is 28.7 Å². The van der Waals surface area contributed by atoms with Crippen LogP contribution in [0.4, 0.5) is 10.1 Å². The minimum absolute atomic E-state index is 0.180. The van der Waals surface area contributed by atoms with Crippen LogP contribution in [0, 0.1) is 5.82 Å². The van der Waals surface area contributed by atoms with Gasteiger partial charge in [0, 0.05) is 18.2 Å². The lowest BCUT2D eigenvalue weighted by Crippen LogP contribution is -2.22. The van der Waals surface area contributed by atoms with E-state index in [1.54, 1.807) is 72.8 Å². The third-order valence-electron chi connectivity index (χ3n) is 4.56.